The van der Waals surface area contributed by atoms with E-state index in [2.05, 4.69) is 20.3 Å². The first-order chi connectivity index (χ1) is 12.0. The van der Waals surface area contributed by atoms with Crippen LogP contribution in [0.4, 0.5) is 5.95 Å². The van der Waals surface area contributed by atoms with E-state index in [4.69, 9.17) is 5.73 Å². The van der Waals surface area contributed by atoms with E-state index >= 15 is 0 Å². The molecule has 1 amide bonds. The molecular weight excluding hydrogens is 342 g/mol. The van der Waals surface area contributed by atoms with Gasteiger partial charge in [-0.1, -0.05) is 42.1 Å². The van der Waals surface area contributed by atoms with E-state index < -0.39 is 12.0 Å². The van der Waals surface area contributed by atoms with Gasteiger partial charge in [0, 0.05) is 6.54 Å². The molecule has 2 aromatic rings. The Balaban J connectivity index is 1.94. The van der Waals surface area contributed by atoms with Crippen molar-refractivity contribution in [3.63, 3.8) is 0 Å². The monoisotopic (exact) mass is 363 g/mol. The molecule has 1 unspecified atom stereocenters. The third-order valence-corrected chi connectivity index (χ3v) is 4.48. The molecule has 1 aromatic heterocycles. The van der Waals surface area contributed by atoms with Gasteiger partial charge in [0.25, 0.3) is 0 Å². The maximum Gasteiger partial charge on any atom is 0.316 e. The Labute approximate surface area is 150 Å². The third-order valence-electron chi connectivity index (χ3n) is 3.56. The second kappa shape index (κ2) is 9.07. The summed E-state index contributed by atoms with van der Waals surface area (Å²) in [6, 6.07) is 9.30. The molecule has 0 aliphatic heterocycles. The highest BCUT2D eigenvalue weighted by atomic mass is 32.2. The second-order valence-electron chi connectivity index (χ2n) is 5.28. The summed E-state index contributed by atoms with van der Waals surface area (Å²) in [5, 5.41) is 11.0. The first kappa shape index (κ1) is 18.8. The quantitative estimate of drug-likeness (QED) is 0.532. The van der Waals surface area contributed by atoms with Gasteiger partial charge < -0.3 is 15.8 Å². The minimum Gasteiger partial charge on any atom is -0.468 e. The number of carbonyl (C=O) groups excluding carboxylic acids is 2. The standard InChI is InChI=1S/C16H21N5O3S/c1-11(14(23)18-9-8-12-6-4-3-5-7-12)21-15(17)19-20-16(21)25-10-13(22)24-2/h3-7,11H,8-10H2,1-2H3,(H2,17,19)(H,18,23). The lowest BCUT2D eigenvalue weighted by atomic mass is 10.1. The predicted molar refractivity (Wildman–Crippen MR) is 95.0 cm³/mol. The number of ether oxygens (including phenoxy) is 1. The van der Waals surface area contributed by atoms with Crippen LogP contribution in [0.5, 0.6) is 0 Å². The number of aromatic nitrogens is 3. The molecule has 3 N–H and O–H groups in total. The lowest BCUT2D eigenvalue weighted by Gasteiger charge is -2.16. The Morgan fingerprint density at radius 3 is 2.72 bits per heavy atom. The molecule has 9 heteroatoms. The second-order valence-corrected chi connectivity index (χ2v) is 6.22. The Morgan fingerprint density at radius 2 is 2.04 bits per heavy atom. The van der Waals surface area contributed by atoms with E-state index in [0.717, 1.165) is 23.7 Å². The highest BCUT2D eigenvalue weighted by Crippen LogP contribution is 2.23. The van der Waals surface area contributed by atoms with Crippen molar-refractivity contribution in [3.8, 4) is 0 Å². The van der Waals surface area contributed by atoms with E-state index in [1.807, 2.05) is 30.3 Å². The molecule has 0 aliphatic rings. The average molecular weight is 363 g/mol. The topological polar surface area (TPSA) is 112 Å². The van der Waals surface area contributed by atoms with E-state index in [1.54, 1.807) is 6.92 Å². The molecule has 134 valence electrons. The zero-order chi connectivity index (χ0) is 18.2. The van der Waals surface area contributed by atoms with E-state index in [9.17, 15) is 9.59 Å². The Morgan fingerprint density at radius 1 is 1.32 bits per heavy atom. The van der Waals surface area contributed by atoms with Crippen LogP contribution >= 0.6 is 11.8 Å². The summed E-state index contributed by atoms with van der Waals surface area (Å²) in [5.41, 5.74) is 6.97. The SMILES string of the molecule is COC(=O)CSc1nnc(N)n1C(C)C(=O)NCCc1ccccc1. The minimum absolute atomic E-state index is 0.0664. The van der Waals surface area contributed by atoms with Gasteiger partial charge in [-0.3, -0.25) is 14.2 Å². The molecule has 0 radical (unpaired) electrons. The van der Waals surface area contributed by atoms with Crippen LogP contribution in [0, 0.1) is 0 Å². The largest absolute Gasteiger partial charge is 0.468 e. The smallest absolute Gasteiger partial charge is 0.316 e. The molecule has 1 heterocycles. The van der Waals surface area contributed by atoms with Gasteiger partial charge in [0.15, 0.2) is 5.16 Å². The van der Waals surface area contributed by atoms with Crippen LogP contribution in [0.3, 0.4) is 0 Å². The number of hydrogen-bond acceptors (Lipinski definition) is 7. The van der Waals surface area contributed by atoms with Crippen molar-refractivity contribution in [1.29, 1.82) is 0 Å². The molecule has 0 bridgehead atoms. The van der Waals surface area contributed by atoms with Crippen molar-refractivity contribution in [2.75, 3.05) is 25.1 Å². The number of nitrogen functional groups attached to an aromatic ring is 1. The van der Waals surface area contributed by atoms with Crippen molar-refractivity contribution in [1.82, 2.24) is 20.1 Å². The lowest BCUT2D eigenvalue weighted by Crippen LogP contribution is -2.33. The fourth-order valence-corrected chi connectivity index (χ4v) is 3.03. The number of amides is 1. The van der Waals surface area contributed by atoms with Crippen LogP contribution in [-0.4, -0.2) is 46.0 Å². The molecule has 0 saturated carbocycles. The minimum atomic E-state index is -0.592. The van der Waals surface area contributed by atoms with Gasteiger partial charge in [0.1, 0.15) is 6.04 Å². The van der Waals surface area contributed by atoms with Crippen molar-refractivity contribution < 1.29 is 14.3 Å². The van der Waals surface area contributed by atoms with Crippen LogP contribution in [-0.2, 0) is 20.7 Å². The maximum absolute atomic E-state index is 12.4. The van der Waals surface area contributed by atoms with Crippen LogP contribution in [0.1, 0.15) is 18.5 Å². The first-order valence-corrected chi connectivity index (χ1v) is 8.73. The number of esters is 1. The number of carbonyl (C=O) groups is 2. The number of anilines is 1. The van der Waals surface area contributed by atoms with Gasteiger partial charge in [0.2, 0.25) is 11.9 Å². The summed E-state index contributed by atoms with van der Waals surface area (Å²) in [6.45, 7) is 2.22. The highest BCUT2D eigenvalue weighted by molar-refractivity contribution is 7.99. The number of benzene rings is 1. The lowest BCUT2D eigenvalue weighted by molar-refractivity contribution is -0.137. The van der Waals surface area contributed by atoms with Crippen LogP contribution in [0.2, 0.25) is 0 Å². The summed E-state index contributed by atoms with van der Waals surface area (Å²) in [6.07, 6.45) is 0.737. The van der Waals surface area contributed by atoms with Crippen molar-refractivity contribution in [2.45, 2.75) is 24.5 Å². The number of thioether (sulfide) groups is 1. The molecule has 0 aliphatic carbocycles. The number of nitrogens with two attached hydrogens (primary N) is 1. The van der Waals surface area contributed by atoms with Crippen LogP contribution in [0.25, 0.3) is 0 Å². The van der Waals surface area contributed by atoms with Gasteiger partial charge in [-0.2, -0.15) is 0 Å². The number of methoxy groups -OCH3 is 1. The summed E-state index contributed by atoms with van der Waals surface area (Å²) in [5.74, 6) is -0.393. The summed E-state index contributed by atoms with van der Waals surface area (Å²) < 4.78 is 6.10. The van der Waals surface area contributed by atoms with Crippen LogP contribution < -0.4 is 11.1 Å². The average Bonchev–Trinajstić information content (AvgIpc) is 3.00. The fourth-order valence-electron chi connectivity index (χ4n) is 2.17. The molecule has 0 saturated heterocycles. The van der Waals surface area contributed by atoms with E-state index in [0.29, 0.717) is 11.7 Å². The summed E-state index contributed by atoms with van der Waals surface area (Å²) >= 11 is 1.12. The maximum atomic E-state index is 12.4. The molecule has 8 nitrogen and oxygen atoms in total. The van der Waals surface area contributed by atoms with Crippen molar-refractivity contribution in [2.24, 2.45) is 0 Å². The number of rotatable bonds is 8. The Hall–Kier alpha value is -2.55. The van der Waals surface area contributed by atoms with Gasteiger partial charge in [-0.15, -0.1) is 10.2 Å². The normalized spacial score (nSPS) is 11.8. The highest BCUT2D eigenvalue weighted by Gasteiger charge is 2.22. The molecule has 0 fully saturated rings. The molecule has 0 spiro atoms. The molecular formula is C16H21N5O3S. The number of hydrogen-bond donors (Lipinski definition) is 2. The van der Waals surface area contributed by atoms with Crippen molar-refractivity contribution in [3.05, 3.63) is 35.9 Å². The molecule has 1 aromatic carbocycles. The Bertz CT molecular complexity index is 720. The predicted octanol–water partition coefficient (Wildman–Crippen LogP) is 1.05. The summed E-state index contributed by atoms with van der Waals surface area (Å²) in [7, 11) is 1.31. The van der Waals surface area contributed by atoms with E-state index in [1.165, 1.54) is 11.7 Å². The van der Waals surface area contributed by atoms with Gasteiger partial charge in [-0.05, 0) is 18.9 Å². The Kier molecular flexibility index (Phi) is 6.81. The zero-order valence-corrected chi connectivity index (χ0v) is 15.0. The fraction of sp³-hybridized carbons (Fsp3) is 0.375. The molecule has 1 atom stereocenters. The summed E-state index contributed by atoms with van der Waals surface area (Å²) in [4.78, 5) is 23.7. The van der Waals surface area contributed by atoms with Gasteiger partial charge >= 0.3 is 5.97 Å². The van der Waals surface area contributed by atoms with Crippen molar-refractivity contribution >= 4 is 29.6 Å². The first-order valence-electron chi connectivity index (χ1n) is 7.74. The van der Waals surface area contributed by atoms with Crippen LogP contribution in [0.15, 0.2) is 35.5 Å². The number of nitrogens with one attached hydrogen (secondary N) is 1. The molecule has 25 heavy (non-hydrogen) atoms. The number of nitrogens with zero attached hydrogens (tertiary/aromatic N) is 3. The zero-order valence-electron chi connectivity index (χ0n) is 14.1. The molecule has 2 rings (SSSR count). The van der Waals surface area contributed by atoms with E-state index in [-0.39, 0.29) is 17.6 Å². The third kappa shape index (κ3) is 5.21. The van der Waals surface area contributed by atoms with Gasteiger partial charge in [-0.25, -0.2) is 0 Å². The van der Waals surface area contributed by atoms with Gasteiger partial charge in [0.05, 0.1) is 12.9 Å².